The number of hydrogen-bond donors (Lipinski definition) is 3. The third-order valence-electron chi connectivity index (χ3n) is 4.95. The highest BCUT2D eigenvalue weighted by molar-refractivity contribution is 6.01. The van der Waals surface area contributed by atoms with Crippen LogP contribution in [0.2, 0.25) is 0 Å². The molecule has 0 aromatic heterocycles. The van der Waals surface area contributed by atoms with Crippen LogP contribution in [-0.4, -0.2) is 18.0 Å². The number of hydrogen-bond acceptors (Lipinski definition) is 2. The number of carbonyl (C=O) groups excluding carboxylic acids is 2. The number of amides is 3. The lowest BCUT2D eigenvalue weighted by molar-refractivity contribution is 0.0938. The van der Waals surface area contributed by atoms with Crippen LogP contribution in [0.25, 0.3) is 0 Å². The van der Waals surface area contributed by atoms with E-state index < -0.39 is 0 Å². The van der Waals surface area contributed by atoms with Crippen molar-refractivity contribution in [2.24, 2.45) is 0 Å². The molecule has 3 rings (SSSR count). The van der Waals surface area contributed by atoms with Gasteiger partial charge in [-0.2, -0.15) is 0 Å². The smallest absolute Gasteiger partial charge is 0.323 e. The summed E-state index contributed by atoms with van der Waals surface area (Å²) in [7, 11) is 0. The molecule has 0 saturated heterocycles. The van der Waals surface area contributed by atoms with Gasteiger partial charge in [0.25, 0.3) is 5.91 Å². The average Bonchev–Trinajstić information content (AvgIpc) is 3.12. The van der Waals surface area contributed by atoms with E-state index >= 15 is 0 Å². The maximum Gasteiger partial charge on any atom is 0.323 e. The lowest BCUT2D eigenvalue weighted by Gasteiger charge is -2.13. The van der Waals surface area contributed by atoms with Gasteiger partial charge in [0.05, 0.1) is 0 Å². The Kier molecular flexibility index (Phi) is 5.56. The molecule has 1 saturated carbocycles. The van der Waals surface area contributed by atoms with E-state index in [-0.39, 0.29) is 11.9 Å². The predicted molar refractivity (Wildman–Crippen MR) is 105 cm³/mol. The van der Waals surface area contributed by atoms with Gasteiger partial charge in [-0.1, -0.05) is 25.0 Å². The van der Waals surface area contributed by atoms with Gasteiger partial charge in [0, 0.05) is 23.0 Å². The molecular weight excluding hydrogens is 326 g/mol. The zero-order chi connectivity index (χ0) is 18.5. The normalized spacial score (nSPS) is 14.1. The fraction of sp³-hybridized carbons (Fsp3) is 0.333. The van der Waals surface area contributed by atoms with Crippen molar-refractivity contribution in [2.45, 2.75) is 45.6 Å². The van der Waals surface area contributed by atoms with Crippen molar-refractivity contribution < 1.29 is 9.59 Å². The summed E-state index contributed by atoms with van der Waals surface area (Å²) in [6.45, 7) is 3.98. The molecule has 0 heterocycles. The number of anilines is 2. The van der Waals surface area contributed by atoms with Gasteiger partial charge in [0.2, 0.25) is 0 Å². The first-order valence-electron chi connectivity index (χ1n) is 9.08. The number of benzene rings is 2. The molecule has 2 aromatic rings. The van der Waals surface area contributed by atoms with E-state index in [0.29, 0.717) is 17.3 Å². The Morgan fingerprint density at radius 3 is 2.31 bits per heavy atom. The van der Waals surface area contributed by atoms with E-state index in [1.165, 1.54) is 12.8 Å². The van der Waals surface area contributed by atoms with Crippen molar-refractivity contribution in [3.63, 3.8) is 0 Å². The summed E-state index contributed by atoms with van der Waals surface area (Å²) in [5.74, 6) is -0.0525. The second-order valence-electron chi connectivity index (χ2n) is 6.86. The number of rotatable bonds is 4. The highest BCUT2D eigenvalue weighted by Gasteiger charge is 2.17. The Hall–Kier alpha value is -2.82. The van der Waals surface area contributed by atoms with Crippen molar-refractivity contribution in [1.29, 1.82) is 0 Å². The minimum Gasteiger partial charge on any atom is -0.349 e. The van der Waals surface area contributed by atoms with E-state index in [2.05, 4.69) is 16.0 Å². The van der Waals surface area contributed by atoms with Crippen molar-refractivity contribution >= 4 is 23.3 Å². The molecule has 0 bridgehead atoms. The first-order valence-corrected chi connectivity index (χ1v) is 9.08. The predicted octanol–water partition coefficient (Wildman–Crippen LogP) is 4.62. The van der Waals surface area contributed by atoms with Gasteiger partial charge in [-0.3, -0.25) is 4.79 Å². The fourth-order valence-electron chi connectivity index (χ4n) is 3.21. The number of aryl methyl sites for hydroxylation is 1. The molecule has 0 unspecified atom stereocenters. The second-order valence-corrected chi connectivity index (χ2v) is 6.86. The van der Waals surface area contributed by atoms with Crippen LogP contribution in [0.5, 0.6) is 0 Å². The molecule has 1 aliphatic rings. The van der Waals surface area contributed by atoms with Crippen LogP contribution < -0.4 is 16.0 Å². The standard InChI is InChI=1S/C21H25N3O2/c1-14-6-5-9-19(15(14)2)24-21(26)23-18-12-10-16(11-13-18)20(25)22-17-7-3-4-8-17/h5-6,9-13,17H,3-4,7-8H2,1-2H3,(H,22,25)(H2,23,24,26). The van der Waals surface area contributed by atoms with Crippen molar-refractivity contribution in [1.82, 2.24) is 5.32 Å². The number of urea groups is 1. The van der Waals surface area contributed by atoms with E-state index in [9.17, 15) is 9.59 Å². The summed E-state index contributed by atoms with van der Waals surface area (Å²) in [4.78, 5) is 24.4. The number of nitrogens with one attached hydrogen (secondary N) is 3. The van der Waals surface area contributed by atoms with Crippen LogP contribution in [0.3, 0.4) is 0 Å². The van der Waals surface area contributed by atoms with Gasteiger partial charge in [0.15, 0.2) is 0 Å². The van der Waals surface area contributed by atoms with E-state index in [0.717, 1.165) is 29.7 Å². The Bertz CT molecular complexity index is 793. The molecule has 5 heteroatoms. The third kappa shape index (κ3) is 4.42. The largest absolute Gasteiger partial charge is 0.349 e. The number of carbonyl (C=O) groups is 2. The summed E-state index contributed by atoms with van der Waals surface area (Å²) in [6.07, 6.45) is 4.49. The highest BCUT2D eigenvalue weighted by atomic mass is 16.2. The Labute approximate surface area is 154 Å². The van der Waals surface area contributed by atoms with E-state index in [1.54, 1.807) is 24.3 Å². The Morgan fingerprint density at radius 2 is 1.62 bits per heavy atom. The van der Waals surface area contributed by atoms with Crippen LogP contribution in [0.15, 0.2) is 42.5 Å². The molecule has 0 radical (unpaired) electrons. The second kappa shape index (κ2) is 8.04. The third-order valence-corrected chi connectivity index (χ3v) is 4.95. The van der Waals surface area contributed by atoms with E-state index in [1.807, 2.05) is 32.0 Å². The van der Waals surface area contributed by atoms with Gasteiger partial charge in [-0.05, 0) is 68.1 Å². The zero-order valence-corrected chi connectivity index (χ0v) is 15.3. The molecule has 5 nitrogen and oxygen atoms in total. The van der Waals surface area contributed by atoms with Crippen LogP contribution >= 0.6 is 0 Å². The summed E-state index contributed by atoms with van der Waals surface area (Å²) >= 11 is 0. The van der Waals surface area contributed by atoms with Crippen LogP contribution in [-0.2, 0) is 0 Å². The van der Waals surface area contributed by atoms with Gasteiger partial charge >= 0.3 is 6.03 Å². The molecule has 0 atom stereocenters. The quantitative estimate of drug-likeness (QED) is 0.752. The zero-order valence-electron chi connectivity index (χ0n) is 15.3. The Balaban J connectivity index is 1.57. The summed E-state index contributed by atoms with van der Waals surface area (Å²) in [5, 5.41) is 8.71. The summed E-state index contributed by atoms with van der Waals surface area (Å²) in [5.41, 5.74) is 4.21. The maximum absolute atomic E-state index is 12.2. The molecule has 3 amide bonds. The lowest BCUT2D eigenvalue weighted by Crippen LogP contribution is -2.32. The molecular formula is C21H25N3O2. The highest BCUT2D eigenvalue weighted by Crippen LogP contribution is 2.20. The van der Waals surface area contributed by atoms with Gasteiger partial charge in [-0.15, -0.1) is 0 Å². The van der Waals surface area contributed by atoms with Crippen LogP contribution in [0.1, 0.15) is 47.2 Å². The molecule has 3 N–H and O–H groups in total. The fourth-order valence-corrected chi connectivity index (χ4v) is 3.21. The van der Waals surface area contributed by atoms with Gasteiger partial charge in [0.1, 0.15) is 0 Å². The first kappa shape index (κ1) is 18.0. The molecule has 136 valence electrons. The lowest BCUT2D eigenvalue weighted by atomic mass is 10.1. The molecule has 1 aliphatic carbocycles. The average molecular weight is 351 g/mol. The van der Waals surface area contributed by atoms with Crippen molar-refractivity contribution in [3.8, 4) is 0 Å². The molecule has 0 aliphatic heterocycles. The van der Waals surface area contributed by atoms with E-state index in [4.69, 9.17) is 0 Å². The molecule has 2 aromatic carbocycles. The van der Waals surface area contributed by atoms with Crippen LogP contribution in [0, 0.1) is 13.8 Å². The van der Waals surface area contributed by atoms with Crippen LogP contribution in [0.4, 0.5) is 16.2 Å². The Morgan fingerprint density at radius 1 is 0.923 bits per heavy atom. The minimum absolute atomic E-state index is 0.0525. The monoisotopic (exact) mass is 351 g/mol. The molecule has 0 spiro atoms. The molecule has 1 fully saturated rings. The van der Waals surface area contributed by atoms with Crippen molar-refractivity contribution in [2.75, 3.05) is 10.6 Å². The first-order chi connectivity index (χ1) is 12.5. The van der Waals surface area contributed by atoms with Gasteiger partial charge < -0.3 is 16.0 Å². The van der Waals surface area contributed by atoms with Gasteiger partial charge in [-0.25, -0.2) is 4.79 Å². The topological polar surface area (TPSA) is 70.2 Å². The van der Waals surface area contributed by atoms with Crippen molar-refractivity contribution in [3.05, 3.63) is 59.2 Å². The molecule has 26 heavy (non-hydrogen) atoms. The summed E-state index contributed by atoms with van der Waals surface area (Å²) < 4.78 is 0. The maximum atomic E-state index is 12.2. The minimum atomic E-state index is -0.304. The SMILES string of the molecule is Cc1cccc(NC(=O)Nc2ccc(C(=O)NC3CCCC3)cc2)c1C. The summed E-state index contributed by atoms with van der Waals surface area (Å²) in [6, 6.07) is 12.7.